The van der Waals surface area contributed by atoms with E-state index in [1.54, 1.807) is 18.1 Å². The number of aromatic nitrogens is 1. The number of hydrogen-bond acceptors (Lipinski definition) is 5. The smallest absolute Gasteiger partial charge is 0.256 e. The van der Waals surface area contributed by atoms with E-state index in [-0.39, 0.29) is 5.91 Å². The van der Waals surface area contributed by atoms with Crippen LogP contribution < -0.4 is 10.0 Å². The molecule has 4 nitrogen and oxygen atoms in total. The molecule has 1 aliphatic heterocycles. The highest BCUT2D eigenvalue weighted by Crippen LogP contribution is 2.35. The highest BCUT2D eigenvalue weighted by Gasteiger charge is 2.24. The van der Waals surface area contributed by atoms with Gasteiger partial charge in [-0.25, -0.2) is 4.98 Å². The summed E-state index contributed by atoms with van der Waals surface area (Å²) in [7, 11) is 0. The molecule has 1 aromatic heterocycles. The van der Waals surface area contributed by atoms with Crippen molar-refractivity contribution in [1.29, 1.82) is 0 Å². The van der Waals surface area contributed by atoms with Gasteiger partial charge >= 0.3 is 0 Å². The summed E-state index contributed by atoms with van der Waals surface area (Å²) in [6.45, 7) is 2.90. The summed E-state index contributed by atoms with van der Waals surface area (Å²) in [4.78, 5) is 17.6. The number of fused-ring (bicyclic) bond motifs is 1. The molecule has 4 rings (SSSR count). The van der Waals surface area contributed by atoms with Crippen LogP contribution in [0.15, 0.2) is 58.9 Å². The molecule has 2 heterocycles. The largest absolute Gasteiger partial charge is 0.321 e. The Morgan fingerprint density at radius 1 is 1.27 bits per heavy atom. The normalized spacial score (nSPS) is 14.5. The fraction of sp³-hybridized carbons (Fsp3) is 0.100. The summed E-state index contributed by atoms with van der Waals surface area (Å²) >= 11 is 3.09. The Hall–Kier alpha value is -2.41. The van der Waals surface area contributed by atoms with Crippen LogP contribution in [-0.2, 0) is 11.3 Å². The van der Waals surface area contributed by atoms with Crippen molar-refractivity contribution >= 4 is 46.5 Å². The fourth-order valence-corrected chi connectivity index (χ4v) is 4.08. The van der Waals surface area contributed by atoms with Crippen molar-refractivity contribution in [1.82, 2.24) is 9.71 Å². The molecule has 0 bridgehead atoms. The van der Waals surface area contributed by atoms with Gasteiger partial charge in [-0.15, -0.1) is 11.3 Å². The van der Waals surface area contributed by atoms with Crippen molar-refractivity contribution in [3.05, 3.63) is 75.7 Å². The summed E-state index contributed by atoms with van der Waals surface area (Å²) in [5.41, 5.74) is 4.99. The number of thiazole rings is 1. The quantitative estimate of drug-likeness (QED) is 0.497. The molecular weight excluding hydrogens is 362 g/mol. The second-order valence-electron chi connectivity index (χ2n) is 5.94. The molecule has 0 aliphatic carbocycles. The van der Waals surface area contributed by atoms with Crippen LogP contribution in [-0.4, -0.2) is 10.9 Å². The molecule has 0 spiro atoms. The van der Waals surface area contributed by atoms with Gasteiger partial charge in [-0.3, -0.25) is 9.52 Å². The van der Waals surface area contributed by atoms with Crippen LogP contribution in [0.25, 0.3) is 11.6 Å². The van der Waals surface area contributed by atoms with Crippen LogP contribution in [0.5, 0.6) is 0 Å². The van der Waals surface area contributed by atoms with Crippen LogP contribution in [0.3, 0.4) is 0 Å². The lowest BCUT2D eigenvalue weighted by Crippen LogP contribution is -2.04. The molecule has 0 saturated heterocycles. The van der Waals surface area contributed by atoms with E-state index in [0.29, 0.717) is 5.57 Å². The molecule has 0 unspecified atom stereocenters. The van der Waals surface area contributed by atoms with Gasteiger partial charge in [0.1, 0.15) is 5.01 Å². The fourth-order valence-electron chi connectivity index (χ4n) is 2.81. The van der Waals surface area contributed by atoms with Gasteiger partial charge in [-0.2, -0.15) is 0 Å². The van der Waals surface area contributed by atoms with Crippen molar-refractivity contribution in [2.75, 3.05) is 5.32 Å². The topological polar surface area (TPSA) is 54.0 Å². The average Bonchev–Trinajstić information content (AvgIpc) is 3.26. The Kier molecular flexibility index (Phi) is 4.88. The maximum Gasteiger partial charge on any atom is 0.256 e. The number of anilines is 1. The zero-order chi connectivity index (χ0) is 17.9. The van der Waals surface area contributed by atoms with E-state index in [1.165, 1.54) is 22.5 Å². The zero-order valence-electron chi connectivity index (χ0n) is 14.2. The van der Waals surface area contributed by atoms with E-state index in [1.807, 2.05) is 35.7 Å². The van der Waals surface area contributed by atoms with Crippen molar-refractivity contribution in [2.45, 2.75) is 18.4 Å². The molecule has 1 aliphatic rings. The number of rotatable bonds is 5. The van der Waals surface area contributed by atoms with E-state index in [0.717, 1.165) is 27.7 Å². The lowest BCUT2D eigenvalue weighted by molar-refractivity contribution is -0.110. The van der Waals surface area contributed by atoms with E-state index in [2.05, 4.69) is 40.1 Å². The summed E-state index contributed by atoms with van der Waals surface area (Å²) in [6, 6.07) is 14.4. The third-order valence-corrected chi connectivity index (χ3v) is 5.71. The van der Waals surface area contributed by atoms with Crippen molar-refractivity contribution in [3.63, 3.8) is 0 Å². The number of aryl methyl sites for hydroxylation is 1. The molecule has 0 atom stereocenters. The Bertz CT molecular complexity index is 980. The van der Waals surface area contributed by atoms with Crippen LogP contribution >= 0.6 is 23.3 Å². The summed E-state index contributed by atoms with van der Waals surface area (Å²) in [5.74, 6) is -0.0785. The van der Waals surface area contributed by atoms with Crippen molar-refractivity contribution < 1.29 is 4.79 Å². The Morgan fingerprint density at radius 3 is 2.96 bits per heavy atom. The Balaban J connectivity index is 1.51. The van der Waals surface area contributed by atoms with Gasteiger partial charge in [0.15, 0.2) is 0 Å². The van der Waals surface area contributed by atoms with E-state index in [9.17, 15) is 4.79 Å². The lowest BCUT2D eigenvalue weighted by Gasteiger charge is -2.08. The monoisotopic (exact) mass is 379 g/mol. The first kappa shape index (κ1) is 17.0. The number of carbonyl (C=O) groups is 1. The van der Waals surface area contributed by atoms with Gasteiger partial charge in [0.25, 0.3) is 5.91 Å². The van der Waals surface area contributed by atoms with Crippen molar-refractivity contribution in [3.8, 4) is 0 Å². The standard InChI is InChI=1S/C20H17N3OS2/c1-13-4-2-3-5-14(13)12-22-26-15-6-7-18-16(10-15)17(20(24)23-18)11-19-21-8-9-25-19/h2-11,22H,12H2,1H3,(H,23,24)/b17-11+. The van der Waals surface area contributed by atoms with Crippen LogP contribution in [0, 0.1) is 6.92 Å². The van der Waals surface area contributed by atoms with Crippen LogP contribution in [0.2, 0.25) is 0 Å². The predicted molar refractivity (Wildman–Crippen MR) is 109 cm³/mol. The molecule has 1 amide bonds. The maximum atomic E-state index is 12.3. The third-order valence-electron chi connectivity index (χ3n) is 4.21. The Labute approximate surface area is 160 Å². The average molecular weight is 380 g/mol. The van der Waals surface area contributed by atoms with Gasteiger partial charge < -0.3 is 5.32 Å². The number of nitrogens with zero attached hydrogens (tertiary/aromatic N) is 1. The highest BCUT2D eigenvalue weighted by molar-refractivity contribution is 7.97. The molecule has 130 valence electrons. The Morgan fingerprint density at radius 2 is 2.15 bits per heavy atom. The molecule has 2 aromatic carbocycles. The molecular formula is C20H17N3OS2. The number of benzene rings is 2. The first-order valence-electron chi connectivity index (χ1n) is 8.22. The SMILES string of the molecule is Cc1ccccc1CNSc1ccc2c(c1)/C(=C\c1nccs1)C(=O)N2. The molecule has 0 fully saturated rings. The van der Waals surface area contributed by atoms with Gasteiger partial charge in [0, 0.05) is 34.3 Å². The molecule has 3 aromatic rings. The van der Waals surface area contributed by atoms with E-state index >= 15 is 0 Å². The third kappa shape index (κ3) is 3.58. The first-order valence-corrected chi connectivity index (χ1v) is 9.91. The second-order valence-corrected chi connectivity index (χ2v) is 7.83. The lowest BCUT2D eigenvalue weighted by atomic mass is 10.1. The second kappa shape index (κ2) is 7.45. The van der Waals surface area contributed by atoms with Gasteiger partial charge in [0.05, 0.1) is 5.57 Å². The molecule has 0 radical (unpaired) electrons. The van der Waals surface area contributed by atoms with Gasteiger partial charge in [0.2, 0.25) is 0 Å². The highest BCUT2D eigenvalue weighted by atomic mass is 32.2. The number of nitrogens with one attached hydrogen (secondary N) is 2. The predicted octanol–water partition coefficient (Wildman–Crippen LogP) is 4.74. The van der Waals surface area contributed by atoms with E-state index in [4.69, 9.17) is 0 Å². The summed E-state index contributed by atoms with van der Waals surface area (Å²) < 4.78 is 3.40. The molecule has 0 saturated carbocycles. The number of amides is 1. The summed E-state index contributed by atoms with van der Waals surface area (Å²) in [6.07, 6.45) is 3.59. The van der Waals surface area contributed by atoms with Crippen LogP contribution in [0.1, 0.15) is 21.7 Å². The van der Waals surface area contributed by atoms with E-state index < -0.39 is 0 Å². The number of hydrogen-bond donors (Lipinski definition) is 2. The van der Waals surface area contributed by atoms with Gasteiger partial charge in [-0.05, 0) is 54.3 Å². The summed E-state index contributed by atoms with van der Waals surface area (Å²) in [5, 5.41) is 5.65. The van der Waals surface area contributed by atoms with Crippen LogP contribution in [0.4, 0.5) is 5.69 Å². The molecule has 6 heteroatoms. The first-order chi connectivity index (χ1) is 12.7. The number of carbonyl (C=O) groups excluding carboxylic acids is 1. The molecule has 2 N–H and O–H groups in total. The maximum absolute atomic E-state index is 12.3. The van der Waals surface area contributed by atoms with Crippen molar-refractivity contribution in [2.24, 2.45) is 0 Å². The zero-order valence-corrected chi connectivity index (χ0v) is 15.8. The minimum Gasteiger partial charge on any atom is -0.321 e. The van der Waals surface area contributed by atoms with Gasteiger partial charge in [-0.1, -0.05) is 24.3 Å². The molecule has 26 heavy (non-hydrogen) atoms. The minimum absolute atomic E-state index is 0.0785. The minimum atomic E-state index is -0.0785.